The van der Waals surface area contributed by atoms with E-state index in [0.29, 0.717) is 16.8 Å². The van der Waals surface area contributed by atoms with Crippen molar-refractivity contribution in [2.24, 2.45) is 0 Å². The lowest BCUT2D eigenvalue weighted by Gasteiger charge is -2.07. The number of aromatic carboxylic acids is 1. The van der Waals surface area contributed by atoms with Crippen LogP contribution in [0.25, 0.3) is 0 Å². The first kappa shape index (κ1) is 14.6. The highest BCUT2D eigenvalue weighted by atomic mass is 35.5. The van der Waals surface area contributed by atoms with Crippen LogP contribution in [-0.2, 0) is 0 Å². The molecule has 0 spiro atoms. The molecule has 0 unspecified atom stereocenters. The van der Waals surface area contributed by atoms with Crippen LogP contribution in [0.1, 0.15) is 26.3 Å². The van der Waals surface area contributed by atoms with Gasteiger partial charge in [0.2, 0.25) is 0 Å². The highest BCUT2D eigenvalue weighted by Crippen LogP contribution is 2.21. The fourth-order valence-corrected chi connectivity index (χ4v) is 1.93. The number of carbonyl (C=O) groups excluding carboxylic acids is 1. The fraction of sp³-hybridized carbons (Fsp3) is 0. The second kappa shape index (κ2) is 6.07. The van der Waals surface area contributed by atoms with Crippen molar-refractivity contribution in [1.29, 1.82) is 5.26 Å². The molecule has 6 heteroatoms. The van der Waals surface area contributed by atoms with Crippen molar-refractivity contribution in [3.63, 3.8) is 0 Å². The lowest BCUT2D eigenvalue weighted by molar-refractivity contribution is 0.0697. The second-order valence-corrected chi connectivity index (χ2v) is 4.55. The van der Waals surface area contributed by atoms with Gasteiger partial charge in [-0.2, -0.15) is 5.26 Å². The normalized spacial score (nSPS) is 9.71. The van der Waals surface area contributed by atoms with E-state index in [1.807, 2.05) is 6.07 Å². The van der Waals surface area contributed by atoms with Crippen molar-refractivity contribution >= 4 is 29.2 Å². The first-order valence-corrected chi connectivity index (χ1v) is 6.23. The summed E-state index contributed by atoms with van der Waals surface area (Å²) >= 11 is 5.83. The summed E-state index contributed by atoms with van der Waals surface area (Å²) in [4.78, 5) is 22.8. The number of benzene rings is 2. The summed E-state index contributed by atoms with van der Waals surface area (Å²) in [6.07, 6.45) is 0. The van der Waals surface area contributed by atoms with Gasteiger partial charge in [-0.05, 0) is 42.5 Å². The highest BCUT2D eigenvalue weighted by molar-refractivity contribution is 6.33. The molecule has 1 amide bonds. The molecule has 0 fully saturated rings. The summed E-state index contributed by atoms with van der Waals surface area (Å²) in [6, 6.07) is 12.2. The average molecular weight is 301 g/mol. The molecule has 2 N–H and O–H groups in total. The Bertz CT molecular complexity index is 749. The van der Waals surface area contributed by atoms with E-state index in [-0.39, 0.29) is 16.5 Å². The number of nitrogens with one attached hydrogen (secondary N) is 1. The SMILES string of the molecule is N#Cc1ccc(C(=O)Nc2ccc(C(=O)O)c(Cl)c2)cc1. The van der Waals surface area contributed by atoms with E-state index in [4.69, 9.17) is 22.0 Å². The molecule has 0 atom stereocenters. The molecule has 0 aliphatic carbocycles. The van der Waals surface area contributed by atoms with Crippen molar-refractivity contribution in [3.8, 4) is 6.07 Å². The Hall–Kier alpha value is -2.84. The fourth-order valence-electron chi connectivity index (χ4n) is 1.67. The standard InChI is InChI=1S/C15H9ClN2O3/c16-13-7-11(5-6-12(13)15(20)21)18-14(19)10-3-1-9(8-17)2-4-10/h1-7H,(H,18,19)(H,20,21). The van der Waals surface area contributed by atoms with E-state index in [1.165, 1.54) is 42.5 Å². The van der Waals surface area contributed by atoms with E-state index in [9.17, 15) is 9.59 Å². The minimum Gasteiger partial charge on any atom is -0.478 e. The Morgan fingerprint density at radius 1 is 1.14 bits per heavy atom. The van der Waals surface area contributed by atoms with Gasteiger partial charge in [-0.3, -0.25) is 4.79 Å². The number of carbonyl (C=O) groups is 2. The van der Waals surface area contributed by atoms with Gasteiger partial charge in [0.05, 0.1) is 22.2 Å². The predicted molar refractivity (Wildman–Crippen MR) is 77.5 cm³/mol. The van der Waals surface area contributed by atoms with Gasteiger partial charge in [0.1, 0.15) is 0 Å². The molecule has 0 aromatic heterocycles. The van der Waals surface area contributed by atoms with Crippen LogP contribution in [0.4, 0.5) is 5.69 Å². The Kier molecular flexibility index (Phi) is 4.21. The monoisotopic (exact) mass is 300 g/mol. The maximum Gasteiger partial charge on any atom is 0.337 e. The molecule has 5 nitrogen and oxygen atoms in total. The lowest BCUT2D eigenvalue weighted by atomic mass is 10.1. The molecular weight excluding hydrogens is 292 g/mol. The summed E-state index contributed by atoms with van der Waals surface area (Å²) < 4.78 is 0. The quantitative estimate of drug-likeness (QED) is 0.911. The Balaban J connectivity index is 2.17. The molecule has 21 heavy (non-hydrogen) atoms. The average Bonchev–Trinajstić information content (AvgIpc) is 2.47. The molecule has 0 bridgehead atoms. The van der Waals surface area contributed by atoms with Gasteiger partial charge in [0, 0.05) is 11.3 Å². The zero-order valence-electron chi connectivity index (χ0n) is 10.6. The maximum absolute atomic E-state index is 12.0. The molecule has 0 saturated carbocycles. The van der Waals surface area contributed by atoms with Gasteiger partial charge in [0.25, 0.3) is 5.91 Å². The van der Waals surface area contributed by atoms with Gasteiger partial charge in [-0.1, -0.05) is 11.6 Å². The van der Waals surface area contributed by atoms with Crippen molar-refractivity contribution in [1.82, 2.24) is 0 Å². The number of carboxylic acid groups (broad SMARTS) is 1. The Labute approximate surface area is 125 Å². The summed E-state index contributed by atoms with van der Waals surface area (Å²) in [5, 5.41) is 20.2. The number of halogens is 1. The van der Waals surface area contributed by atoms with Gasteiger partial charge < -0.3 is 10.4 Å². The topological polar surface area (TPSA) is 90.2 Å². The number of carboxylic acids is 1. The van der Waals surface area contributed by atoms with Crippen LogP contribution in [0.3, 0.4) is 0 Å². The van der Waals surface area contributed by atoms with Crippen LogP contribution in [0.2, 0.25) is 5.02 Å². The van der Waals surface area contributed by atoms with Gasteiger partial charge in [0.15, 0.2) is 0 Å². The third kappa shape index (κ3) is 3.38. The first-order valence-electron chi connectivity index (χ1n) is 5.85. The van der Waals surface area contributed by atoms with Gasteiger partial charge >= 0.3 is 5.97 Å². The number of hydrogen-bond donors (Lipinski definition) is 2. The minimum atomic E-state index is -1.13. The third-order valence-corrected chi connectivity index (χ3v) is 3.05. The summed E-state index contributed by atoms with van der Waals surface area (Å²) in [7, 11) is 0. The zero-order valence-corrected chi connectivity index (χ0v) is 11.4. The molecule has 104 valence electrons. The minimum absolute atomic E-state index is 0.0342. The van der Waals surface area contributed by atoms with E-state index in [0.717, 1.165) is 0 Å². The van der Waals surface area contributed by atoms with E-state index in [2.05, 4.69) is 5.32 Å². The molecule has 0 aliphatic rings. The molecule has 2 aromatic carbocycles. The number of nitrogens with zero attached hydrogens (tertiary/aromatic N) is 1. The van der Waals surface area contributed by atoms with E-state index >= 15 is 0 Å². The third-order valence-electron chi connectivity index (χ3n) is 2.73. The number of rotatable bonds is 3. The van der Waals surface area contributed by atoms with Crippen molar-refractivity contribution < 1.29 is 14.7 Å². The maximum atomic E-state index is 12.0. The highest BCUT2D eigenvalue weighted by Gasteiger charge is 2.11. The first-order chi connectivity index (χ1) is 10.0. The molecule has 0 aliphatic heterocycles. The van der Waals surface area contributed by atoms with Crippen molar-refractivity contribution in [2.45, 2.75) is 0 Å². The van der Waals surface area contributed by atoms with Gasteiger partial charge in [-0.15, -0.1) is 0 Å². The molecule has 2 rings (SSSR count). The van der Waals surface area contributed by atoms with Crippen molar-refractivity contribution in [3.05, 3.63) is 64.2 Å². The lowest BCUT2D eigenvalue weighted by Crippen LogP contribution is -2.12. The number of nitriles is 1. The summed E-state index contributed by atoms with van der Waals surface area (Å²) in [5.74, 6) is -1.51. The van der Waals surface area contributed by atoms with Gasteiger partial charge in [-0.25, -0.2) is 4.79 Å². The van der Waals surface area contributed by atoms with Crippen LogP contribution in [0.5, 0.6) is 0 Å². The molecule has 0 saturated heterocycles. The van der Waals surface area contributed by atoms with E-state index < -0.39 is 5.97 Å². The number of amides is 1. The molecule has 0 radical (unpaired) electrons. The summed E-state index contributed by atoms with van der Waals surface area (Å²) in [6.45, 7) is 0. The van der Waals surface area contributed by atoms with Crippen LogP contribution < -0.4 is 5.32 Å². The van der Waals surface area contributed by atoms with Crippen LogP contribution in [-0.4, -0.2) is 17.0 Å². The molecule has 2 aromatic rings. The summed E-state index contributed by atoms with van der Waals surface area (Å²) in [5.41, 5.74) is 1.19. The smallest absolute Gasteiger partial charge is 0.337 e. The van der Waals surface area contributed by atoms with Crippen LogP contribution >= 0.6 is 11.6 Å². The zero-order chi connectivity index (χ0) is 15.4. The number of hydrogen-bond acceptors (Lipinski definition) is 3. The van der Waals surface area contributed by atoms with Crippen LogP contribution in [0, 0.1) is 11.3 Å². The Morgan fingerprint density at radius 3 is 2.33 bits per heavy atom. The van der Waals surface area contributed by atoms with Crippen LogP contribution in [0.15, 0.2) is 42.5 Å². The van der Waals surface area contributed by atoms with E-state index in [1.54, 1.807) is 0 Å². The van der Waals surface area contributed by atoms with Crippen molar-refractivity contribution in [2.75, 3.05) is 5.32 Å². The Morgan fingerprint density at radius 2 is 1.81 bits per heavy atom. The largest absolute Gasteiger partial charge is 0.478 e. The number of anilines is 1. The second-order valence-electron chi connectivity index (χ2n) is 4.14. The molecule has 0 heterocycles. The predicted octanol–water partition coefficient (Wildman–Crippen LogP) is 3.16. The molecular formula is C15H9ClN2O3.